The van der Waals surface area contributed by atoms with E-state index in [1.54, 1.807) is 0 Å². The van der Waals surface area contributed by atoms with Gasteiger partial charge in [0.2, 0.25) is 0 Å². The van der Waals surface area contributed by atoms with Crippen LogP contribution >= 0.6 is 0 Å². The van der Waals surface area contributed by atoms with E-state index in [9.17, 15) is 0 Å². The van der Waals surface area contributed by atoms with Crippen LogP contribution in [0.5, 0.6) is 0 Å². The van der Waals surface area contributed by atoms with Crippen molar-refractivity contribution in [1.29, 1.82) is 0 Å². The van der Waals surface area contributed by atoms with E-state index in [1.807, 2.05) is 0 Å². The summed E-state index contributed by atoms with van der Waals surface area (Å²) >= 11 is 0. The van der Waals surface area contributed by atoms with Crippen molar-refractivity contribution in [2.45, 2.75) is 19.8 Å². The van der Waals surface area contributed by atoms with Gasteiger partial charge in [-0.05, 0) is 25.2 Å². The van der Waals surface area contributed by atoms with Crippen LogP contribution in [0.15, 0.2) is 24.3 Å². The molecule has 1 atom stereocenters. The van der Waals surface area contributed by atoms with Crippen molar-refractivity contribution in [3.63, 3.8) is 0 Å². The second-order valence-corrected chi connectivity index (χ2v) is 2.71. The Morgan fingerprint density at radius 2 is 2.33 bits per heavy atom. The van der Waals surface area contributed by atoms with Gasteiger partial charge >= 0.3 is 0 Å². The van der Waals surface area contributed by atoms with Gasteiger partial charge in [0.1, 0.15) is 0 Å². The van der Waals surface area contributed by atoms with Gasteiger partial charge in [0.25, 0.3) is 0 Å². The molecule has 1 aliphatic rings. The van der Waals surface area contributed by atoms with Crippen LogP contribution in [0.4, 0.5) is 0 Å². The van der Waals surface area contributed by atoms with Gasteiger partial charge in [0, 0.05) is 0 Å². The van der Waals surface area contributed by atoms with Gasteiger partial charge in [-0.25, -0.2) is 0 Å². The molecule has 0 N–H and O–H groups in total. The molecule has 0 amide bonds. The molecule has 0 aromatic carbocycles. The summed E-state index contributed by atoms with van der Waals surface area (Å²) in [5.74, 6) is 0. The molecular weight excluding hydrogens is 108 g/mol. The van der Waals surface area contributed by atoms with Crippen LogP contribution in [-0.2, 0) is 0 Å². The minimum Gasteiger partial charge on any atom is -0.0837 e. The minimum absolute atomic E-state index is 0.203. The Hall–Kier alpha value is -0.520. The summed E-state index contributed by atoms with van der Waals surface area (Å²) in [5.41, 5.74) is 0.203. The zero-order valence-electron chi connectivity index (χ0n) is 5.93. The predicted molar refractivity (Wildman–Crippen MR) is 41.0 cm³/mol. The summed E-state index contributed by atoms with van der Waals surface area (Å²) in [6, 6.07) is 0. The van der Waals surface area contributed by atoms with Crippen molar-refractivity contribution < 1.29 is 0 Å². The van der Waals surface area contributed by atoms with E-state index < -0.39 is 0 Å². The van der Waals surface area contributed by atoms with Gasteiger partial charge in [-0.15, -0.1) is 0 Å². The normalized spacial score (nSPS) is 33.1. The Kier molecular flexibility index (Phi) is 1.75. The highest BCUT2D eigenvalue weighted by molar-refractivity contribution is 5.17. The quantitative estimate of drug-likeness (QED) is 0.500. The third-order valence-electron chi connectivity index (χ3n) is 1.93. The number of allylic oxidation sites excluding steroid dienone is 4. The topological polar surface area (TPSA) is 0 Å². The fourth-order valence-corrected chi connectivity index (χ4v) is 0.971. The molecule has 0 heterocycles. The van der Waals surface area contributed by atoms with E-state index in [0.717, 1.165) is 12.8 Å². The molecule has 49 valence electrons. The van der Waals surface area contributed by atoms with Crippen LogP contribution in [0.2, 0.25) is 0 Å². The molecule has 0 heteroatoms. The Labute approximate surface area is 57.3 Å². The highest BCUT2D eigenvalue weighted by atomic mass is 14.2. The predicted octanol–water partition coefficient (Wildman–Crippen LogP) is 2.73. The van der Waals surface area contributed by atoms with Crippen molar-refractivity contribution in [3.05, 3.63) is 31.2 Å². The molecule has 0 saturated carbocycles. The van der Waals surface area contributed by atoms with E-state index in [4.69, 9.17) is 0 Å². The molecule has 0 aromatic rings. The lowest BCUT2D eigenvalue weighted by Gasteiger charge is -2.23. The molecule has 1 radical (unpaired) electrons. The highest BCUT2D eigenvalue weighted by Gasteiger charge is 2.17. The first-order valence-corrected chi connectivity index (χ1v) is 3.46. The van der Waals surface area contributed by atoms with Crippen LogP contribution in [0, 0.1) is 12.3 Å². The maximum atomic E-state index is 4.11. The average molecular weight is 121 g/mol. The highest BCUT2D eigenvalue weighted by Crippen LogP contribution is 2.29. The largest absolute Gasteiger partial charge is 0.0837 e. The fraction of sp³-hybridized carbons (Fsp3) is 0.444. The second kappa shape index (κ2) is 2.38. The van der Waals surface area contributed by atoms with Crippen molar-refractivity contribution >= 4 is 0 Å². The molecule has 0 saturated heterocycles. The van der Waals surface area contributed by atoms with E-state index in [-0.39, 0.29) is 5.41 Å². The van der Waals surface area contributed by atoms with Crippen LogP contribution in [0.3, 0.4) is 0 Å². The summed E-state index contributed by atoms with van der Waals surface area (Å²) in [6.45, 7) is 6.29. The van der Waals surface area contributed by atoms with Gasteiger partial charge < -0.3 is 0 Å². The first-order chi connectivity index (χ1) is 4.27. The van der Waals surface area contributed by atoms with Crippen LogP contribution < -0.4 is 0 Å². The fourth-order valence-electron chi connectivity index (χ4n) is 0.971. The number of hydrogen-bond acceptors (Lipinski definition) is 0. The minimum atomic E-state index is 0.203. The Balaban J connectivity index is 2.63. The van der Waals surface area contributed by atoms with Gasteiger partial charge in [0.15, 0.2) is 0 Å². The van der Waals surface area contributed by atoms with Crippen LogP contribution in [0.1, 0.15) is 19.8 Å². The van der Waals surface area contributed by atoms with Crippen molar-refractivity contribution in [2.24, 2.45) is 5.41 Å². The third-order valence-corrected chi connectivity index (χ3v) is 1.93. The zero-order chi connectivity index (χ0) is 6.74. The van der Waals surface area contributed by atoms with E-state index in [2.05, 4.69) is 38.2 Å². The summed E-state index contributed by atoms with van der Waals surface area (Å²) in [4.78, 5) is 0. The maximum absolute atomic E-state index is 4.11. The Bertz CT molecular complexity index is 142. The molecule has 1 unspecified atom stereocenters. The van der Waals surface area contributed by atoms with Crippen molar-refractivity contribution in [1.82, 2.24) is 0 Å². The lowest BCUT2D eigenvalue weighted by Crippen LogP contribution is -2.11. The summed E-state index contributed by atoms with van der Waals surface area (Å²) < 4.78 is 0. The Morgan fingerprint density at radius 3 is 2.67 bits per heavy atom. The zero-order valence-corrected chi connectivity index (χ0v) is 5.93. The molecule has 0 spiro atoms. The number of rotatable bonds is 1. The van der Waals surface area contributed by atoms with Gasteiger partial charge in [-0.1, -0.05) is 31.2 Å². The molecule has 0 nitrogen and oxygen atoms in total. The van der Waals surface area contributed by atoms with Crippen molar-refractivity contribution in [3.8, 4) is 0 Å². The lowest BCUT2D eigenvalue weighted by atomic mass is 9.82. The summed E-state index contributed by atoms with van der Waals surface area (Å²) in [6.07, 6.45) is 10.8. The van der Waals surface area contributed by atoms with Gasteiger partial charge in [-0.2, -0.15) is 0 Å². The van der Waals surface area contributed by atoms with Crippen LogP contribution in [-0.4, -0.2) is 0 Å². The number of hydrogen-bond donors (Lipinski definition) is 0. The first-order valence-electron chi connectivity index (χ1n) is 3.46. The monoisotopic (exact) mass is 121 g/mol. The lowest BCUT2D eigenvalue weighted by molar-refractivity contribution is 0.471. The smallest absolute Gasteiger partial charge is 0.00828 e. The first kappa shape index (κ1) is 6.60. The second-order valence-electron chi connectivity index (χ2n) is 2.71. The third kappa shape index (κ3) is 1.44. The summed E-state index contributed by atoms with van der Waals surface area (Å²) in [5, 5.41) is 0. The van der Waals surface area contributed by atoms with E-state index in [0.29, 0.717) is 0 Å². The van der Waals surface area contributed by atoms with Crippen LogP contribution in [0.25, 0.3) is 0 Å². The molecule has 1 aliphatic carbocycles. The van der Waals surface area contributed by atoms with Gasteiger partial charge in [-0.3, -0.25) is 0 Å². The van der Waals surface area contributed by atoms with E-state index >= 15 is 0 Å². The molecule has 1 rings (SSSR count). The molecule has 0 aliphatic heterocycles. The molecule has 0 fully saturated rings. The van der Waals surface area contributed by atoms with E-state index in [1.165, 1.54) is 0 Å². The maximum Gasteiger partial charge on any atom is -0.00828 e. The summed E-state index contributed by atoms with van der Waals surface area (Å²) in [7, 11) is 0. The average Bonchev–Trinajstić information content (AvgIpc) is 1.90. The molecule has 0 aromatic heterocycles. The SMILES string of the molecule is [CH2]C1(CC)C=CC=CC1. The molecule has 9 heavy (non-hydrogen) atoms. The molecular formula is C9H13. The van der Waals surface area contributed by atoms with Gasteiger partial charge in [0.05, 0.1) is 0 Å². The molecule has 0 bridgehead atoms. The Morgan fingerprint density at radius 1 is 1.56 bits per heavy atom. The van der Waals surface area contributed by atoms with Crippen molar-refractivity contribution in [2.75, 3.05) is 0 Å². The standard InChI is InChI=1S/C9H13/c1-3-9(2)7-5-4-6-8-9/h4-7H,2-3,8H2,1H3.